The Morgan fingerprint density at radius 3 is 2.74 bits per heavy atom. The van der Waals surface area contributed by atoms with Gasteiger partial charge in [0.2, 0.25) is 0 Å². The van der Waals surface area contributed by atoms with Gasteiger partial charge in [-0.3, -0.25) is 0 Å². The lowest BCUT2D eigenvalue weighted by Crippen LogP contribution is -2.30. The maximum absolute atomic E-state index is 10.2. The first kappa shape index (κ1) is 14.1. The number of hydrogen-bond acceptors (Lipinski definition) is 5. The van der Waals surface area contributed by atoms with Crippen molar-refractivity contribution in [3.8, 4) is 0 Å². The third-order valence-electron chi connectivity index (χ3n) is 3.83. The zero-order valence-corrected chi connectivity index (χ0v) is 12.1. The standard InChI is InChI=1S/C14H24N4O/c1-10(2)11-12(15)16-9-17-13(11)18-7-4-5-14(3,19)6-8-18/h9-10,19H,4-8H2,1-3H3,(H2,15,16,17). The number of aliphatic hydroxyl groups is 1. The molecule has 19 heavy (non-hydrogen) atoms. The van der Waals surface area contributed by atoms with Crippen LogP contribution in [-0.4, -0.2) is 33.8 Å². The molecule has 3 N–H and O–H groups in total. The number of nitrogens with zero attached hydrogens (tertiary/aromatic N) is 3. The van der Waals surface area contributed by atoms with Gasteiger partial charge in [-0.05, 0) is 32.1 Å². The Balaban J connectivity index is 2.29. The van der Waals surface area contributed by atoms with Crippen molar-refractivity contribution in [3.63, 3.8) is 0 Å². The highest BCUT2D eigenvalue weighted by Gasteiger charge is 2.27. The number of nitrogen functional groups attached to an aromatic ring is 1. The van der Waals surface area contributed by atoms with Crippen LogP contribution < -0.4 is 10.6 Å². The van der Waals surface area contributed by atoms with Crippen molar-refractivity contribution in [1.29, 1.82) is 0 Å². The Hall–Kier alpha value is -1.36. The van der Waals surface area contributed by atoms with Gasteiger partial charge in [0, 0.05) is 18.7 Å². The van der Waals surface area contributed by atoms with Gasteiger partial charge in [0.1, 0.15) is 18.0 Å². The lowest BCUT2D eigenvalue weighted by atomic mass is 9.98. The van der Waals surface area contributed by atoms with E-state index in [2.05, 4.69) is 28.7 Å². The SMILES string of the molecule is CC(C)c1c(N)ncnc1N1CCCC(C)(O)CC1. The van der Waals surface area contributed by atoms with Crippen LogP contribution in [0.5, 0.6) is 0 Å². The molecular weight excluding hydrogens is 240 g/mol. The predicted molar refractivity (Wildman–Crippen MR) is 77.2 cm³/mol. The average molecular weight is 264 g/mol. The molecule has 0 bridgehead atoms. The van der Waals surface area contributed by atoms with Crippen molar-refractivity contribution in [3.05, 3.63) is 11.9 Å². The number of hydrogen-bond donors (Lipinski definition) is 2. The molecule has 1 aliphatic heterocycles. The Bertz CT molecular complexity index is 445. The van der Waals surface area contributed by atoms with Crippen LogP contribution in [0.1, 0.15) is 51.5 Å². The molecule has 1 saturated heterocycles. The van der Waals surface area contributed by atoms with Gasteiger partial charge in [0.15, 0.2) is 0 Å². The highest BCUT2D eigenvalue weighted by atomic mass is 16.3. The molecule has 2 heterocycles. The Labute approximate surface area is 114 Å². The number of rotatable bonds is 2. The first-order valence-electron chi connectivity index (χ1n) is 6.98. The Kier molecular flexibility index (Phi) is 3.94. The zero-order valence-electron chi connectivity index (χ0n) is 12.1. The molecule has 106 valence electrons. The fraction of sp³-hybridized carbons (Fsp3) is 0.714. The highest BCUT2D eigenvalue weighted by Crippen LogP contribution is 2.31. The van der Waals surface area contributed by atoms with E-state index < -0.39 is 5.60 Å². The van der Waals surface area contributed by atoms with Crippen molar-refractivity contribution in [1.82, 2.24) is 9.97 Å². The van der Waals surface area contributed by atoms with Gasteiger partial charge >= 0.3 is 0 Å². The Morgan fingerprint density at radius 1 is 1.32 bits per heavy atom. The topological polar surface area (TPSA) is 75.3 Å². The first-order valence-corrected chi connectivity index (χ1v) is 6.98. The predicted octanol–water partition coefficient (Wildman–Crippen LogP) is 1.92. The molecule has 1 aromatic heterocycles. The van der Waals surface area contributed by atoms with Crippen LogP contribution in [0, 0.1) is 0 Å². The molecular formula is C14H24N4O. The average Bonchev–Trinajstić information content (AvgIpc) is 2.49. The maximum atomic E-state index is 10.2. The number of nitrogens with two attached hydrogens (primary N) is 1. The minimum atomic E-state index is -0.564. The molecule has 1 unspecified atom stereocenters. The highest BCUT2D eigenvalue weighted by molar-refractivity contribution is 5.58. The summed E-state index contributed by atoms with van der Waals surface area (Å²) in [5.74, 6) is 1.79. The summed E-state index contributed by atoms with van der Waals surface area (Å²) in [5, 5.41) is 10.2. The molecule has 1 aromatic rings. The summed E-state index contributed by atoms with van der Waals surface area (Å²) < 4.78 is 0. The molecule has 1 fully saturated rings. The van der Waals surface area contributed by atoms with E-state index in [4.69, 9.17) is 5.73 Å². The Morgan fingerprint density at radius 2 is 2.05 bits per heavy atom. The summed E-state index contributed by atoms with van der Waals surface area (Å²) in [7, 11) is 0. The molecule has 0 aromatic carbocycles. The van der Waals surface area contributed by atoms with Crippen LogP contribution in [0.25, 0.3) is 0 Å². The van der Waals surface area contributed by atoms with Crippen molar-refractivity contribution in [2.24, 2.45) is 0 Å². The van der Waals surface area contributed by atoms with Crippen molar-refractivity contribution < 1.29 is 5.11 Å². The molecule has 1 atom stereocenters. The minimum Gasteiger partial charge on any atom is -0.390 e. The second kappa shape index (κ2) is 5.33. The van der Waals surface area contributed by atoms with Crippen molar-refractivity contribution >= 4 is 11.6 Å². The number of anilines is 2. The summed E-state index contributed by atoms with van der Waals surface area (Å²) in [4.78, 5) is 10.8. The second-order valence-electron chi connectivity index (χ2n) is 5.99. The lowest BCUT2D eigenvalue weighted by Gasteiger charge is -2.26. The van der Waals surface area contributed by atoms with Crippen molar-refractivity contribution in [2.45, 2.75) is 51.6 Å². The summed E-state index contributed by atoms with van der Waals surface area (Å²) in [5.41, 5.74) is 6.45. The third-order valence-corrected chi connectivity index (χ3v) is 3.83. The van der Waals surface area contributed by atoms with Gasteiger partial charge < -0.3 is 15.7 Å². The van der Waals surface area contributed by atoms with E-state index in [0.29, 0.717) is 11.7 Å². The molecule has 0 amide bonds. The third kappa shape index (κ3) is 3.15. The quantitative estimate of drug-likeness (QED) is 0.853. The maximum Gasteiger partial charge on any atom is 0.137 e. The van der Waals surface area contributed by atoms with Crippen LogP contribution in [0.3, 0.4) is 0 Å². The molecule has 1 aliphatic rings. The van der Waals surface area contributed by atoms with Crippen molar-refractivity contribution in [2.75, 3.05) is 23.7 Å². The fourth-order valence-electron chi connectivity index (χ4n) is 2.68. The molecule has 5 heteroatoms. The molecule has 0 spiro atoms. The first-order chi connectivity index (χ1) is 8.91. The van der Waals surface area contributed by atoms with Crippen LogP contribution in [-0.2, 0) is 0 Å². The van der Waals surface area contributed by atoms with E-state index in [-0.39, 0.29) is 0 Å². The monoisotopic (exact) mass is 264 g/mol. The van der Waals surface area contributed by atoms with Crippen LogP contribution in [0.2, 0.25) is 0 Å². The van der Waals surface area contributed by atoms with E-state index in [0.717, 1.165) is 43.7 Å². The van der Waals surface area contributed by atoms with Crippen LogP contribution in [0.4, 0.5) is 11.6 Å². The van der Waals surface area contributed by atoms with Gasteiger partial charge in [-0.15, -0.1) is 0 Å². The van der Waals surface area contributed by atoms with Crippen LogP contribution >= 0.6 is 0 Å². The van der Waals surface area contributed by atoms with E-state index in [1.165, 1.54) is 6.33 Å². The van der Waals surface area contributed by atoms with E-state index in [9.17, 15) is 5.11 Å². The van der Waals surface area contributed by atoms with E-state index in [1.54, 1.807) is 0 Å². The van der Waals surface area contributed by atoms with Gasteiger partial charge in [0.05, 0.1) is 5.60 Å². The van der Waals surface area contributed by atoms with E-state index in [1.807, 2.05) is 6.92 Å². The number of aromatic nitrogens is 2. The zero-order chi connectivity index (χ0) is 14.0. The largest absolute Gasteiger partial charge is 0.390 e. The van der Waals surface area contributed by atoms with Gasteiger partial charge in [-0.1, -0.05) is 13.8 Å². The smallest absolute Gasteiger partial charge is 0.137 e. The molecule has 2 rings (SSSR count). The molecule has 5 nitrogen and oxygen atoms in total. The fourth-order valence-corrected chi connectivity index (χ4v) is 2.68. The molecule has 0 saturated carbocycles. The van der Waals surface area contributed by atoms with E-state index >= 15 is 0 Å². The molecule has 0 aliphatic carbocycles. The van der Waals surface area contributed by atoms with Crippen LogP contribution in [0.15, 0.2) is 6.33 Å². The lowest BCUT2D eigenvalue weighted by molar-refractivity contribution is 0.0481. The normalized spacial score (nSPS) is 24.6. The second-order valence-corrected chi connectivity index (χ2v) is 5.99. The van der Waals surface area contributed by atoms with Gasteiger partial charge in [0.25, 0.3) is 0 Å². The minimum absolute atomic E-state index is 0.292. The summed E-state index contributed by atoms with van der Waals surface area (Å²) in [6.45, 7) is 7.84. The van der Waals surface area contributed by atoms with Gasteiger partial charge in [-0.25, -0.2) is 9.97 Å². The summed E-state index contributed by atoms with van der Waals surface area (Å²) in [6.07, 6.45) is 4.09. The summed E-state index contributed by atoms with van der Waals surface area (Å²) in [6, 6.07) is 0. The van der Waals surface area contributed by atoms with Gasteiger partial charge in [-0.2, -0.15) is 0 Å². The molecule has 0 radical (unpaired) electrons. The summed E-state index contributed by atoms with van der Waals surface area (Å²) >= 11 is 0.